The molecule has 0 fully saturated rings. The summed E-state index contributed by atoms with van der Waals surface area (Å²) in [7, 11) is 0. The van der Waals surface area contributed by atoms with E-state index in [1.54, 1.807) is 0 Å². The van der Waals surface area contributed by atoms with Crippen LogP contribution in [0, 0.1) is 0 Å². The van der Waals surface area contributed by atoms with Gasteiger partial charge in [0.25, 0.3) is 0 Å². The first-order chi connectivity index (χ1) is 10.2. The normalized spacial score (nSPS) is 12.5. The molecule has 2 nitrogen and oxygen atoms in total. The van der Waals surface area contributed by atoms with E-state index in [0.29, 0.717) is 0 Å². The lowest BCUT2D eigenvalue weighted by Crippen LogP contribution is -2.15. The minimum absolute atomic E-state index is 0.259. The summed E-state index contributed by atoms with van der Waals surface area (Å²) >= 11 is 0. The van der Waals surface area contributed by atoms with Crippen LogP contribution in [0.2, 0.25) is 0 Å². The molecule has 0 saturated heterocycles. The van der Waals surface area contributed by atoms with E-state index in [9.17, 15) is 0 Å². The number of para-hydroxylation sites is 1. The van der Waals surface area contributed by atoms with Gasteiger partial charge in [0.15, 0.2) is 0 Å². The molecule has 0 spiro atoms. The van der Waals surface area contributed by atoms with E-state index >= 15 is 0 Å². The molecular weight excluding hydrogens is 256 g/mol. The zero-order valence-corrected chi connectivity index (χ0v) is 12.3. The summed E-state index contributed by atoms with van der Waals surface area (Å²) in [6, 6.07) is 19.4. The van der Waals surface area contributed by atoms with Gasteiger partial charge in [-0.1, -0.05) is 42.5 Å². The van der Waals surface area contributed by atoms with Crippen molar-refractivity contribution in [2.45, 2.75) is 25.8 Å². The highest BCUT2D eigenvalue weighted by Gasteiger charge is 2.02. The SMILES string of the molecule is CC(N)CCc1ccc(-c2cnc3ccccc3c2)cc1. The Kier molecular flexibility index (Phi) is 3.98. The fourth-order valence-electron chi connectivity index (χ4n) is 2.49. The number of pyridine rings is 1. The second-order valence-electron chi connectivity index (χ2n) is 5.63. The van der Waals surface area contributed by atoms with Crippen LogP contribution in [-0.4, -0.2) is 11.0 Å². The van der Waals surface area contributed by atoms with E-state index in [1.807, 2.05) is 24.4 Å². The third-order valence-electron chi connectivity index (χ3n) is 3.77. The second-order valence-corrected chi connectivity index (χ2v) is 5.63. The standard InChI is InChI=1S/C19H20N2/c1-14(20)6-7-15-8-10-16(11-9-15)18-12-17-4-2-3-5-19(17)21-13-18/h2-5,8-14H,6-7,20H2,1H3. The molecular formula is C19H20N2. The Morgan fingerprint density at radius 2 is 1.76 bits per heavy atom. The first-order valence-electron chi connectivity index (χ1n) is 7.42. The topological polar surface area (TPSA) is 38.9 Å². The van der Waals surface area contributed by atoms with E-state index in [0.717, 1.165) is 23.9 Å². The number of hydrogen-bond donors (Lipinski definition) is 1. The van der Waals surface area contributed by atoms with Crippen molar-refractivity contribution in [3.05, 3.63) is 66.4 Å². The van der Waals surface area contributed by atoms with Crippen molar-refractivity contribution < 1.29 is 0 Å². The van der Waals surface area contributed by atoms with Crippen LogP contribution >= 0.6 is 0 Å². The van der Waals surface area contributed by atoms with E-state index in [1.165, 1.54) is 16.5 Å². The monoisotopic (exact) mass is 276 g/mol. The number of aromatic nitrogens is 1. The molecule has 0 aliphatic carbocycles. The molecule has 2 N–H and O–H groups in total. The Morgan fingerprint density at radius 1 is 1.00 bits per heavy atom. The molecule has 0 bridgehead atoms. The average Bonchev–Trinajstić information content (AvgIpc) is 2.53. The zero-order chi connectivity index (χ0) is 14.7. The molecule has 21 heavy (non-hydrogen) atoms. The summed E-state index contributed by atoms with van der Waals surface area (Å²) in [6.45, 7) is 2.05. The Morgan fingerprint density at radius 3 is 2.52 bits per heavy atom. The van der Waals surface area contributed by atoms with Gasteiger partial charge in [-0.3, -0.25) is 4.98 Å². The van der Waals surface area contributed by atoms with Crippen molar-refractivity contribution in [2.24, 2.45) is 5.73 Å². The summed E-state index contributed by atoms with van der Waals surface area (Å²) in [6.07, 6.45) is 4.00. The maximum Gasteiger partial charge on any atom is 0.0702 e. The summed E-state index contributed by atoms with van der Waals surface area (Å²) in [5.74, 6) is 0. The Hall–Kier alpha value is -2.19. The van der Waals surface area contributed by atoms with Gasteiger partial charge < -0.3 is 5.73 Å². The molecule has 106 valence electrons. The second kappa shape index (κ2) is 6.06. The van der Waals surface area contributed by atoms with Gasteiger partial charge in [0.1, 0.15) is 0 Å². The molecule has 1 heterocycles. The van der Waals surface area contributed by atoms with Crippen molar-refractivity contribution in [1.82, 2.24) is 4.98 Å². The number of rotatable bonds is 4. The Balaban J connectivity index is 1.85. The molecule has 1 unspecified atom stereocenters. The van der Waals surface area contributed by atoms with E-state index < -0.39 is 0 Å². The summed E-state index contributed by atoms with van der Waals surface area (Å²) in [5, 5.41) is 1.18. The summed E-state index contributed by atoms with van der Waals surface area (Å²) < 4.78 is 0. The van der Waals surface area contributed by atoms with Crippen LogP contribution in [0.1, 0.15) is 18.9 Å². The number of nitrogens with zero attached hydrogens (tertiary/aromatic N) is 1. The molecule has 0 radical (unpaired) electrons. The van der Waals surface area contributed by atoms with Crippen LogP contribution in [0.25, 0.3) is 22.0 Å². The van der Waals surface area contributed by atoms with Gasteiger partial charge >= 0.3 is 0 Å². The predicted octanol–water partition coefficient (Wildman–Crippen LogP) is 4.18. The average molecular weight is 276 g/mol. The first kappa shape index (κ1) is 13.8. The van der Waals surface area contributed by atoms with Crippen molar-refractivity contribution in [2.75, 3.05) is 0 Å². The van der Waals surface area contributed by atoms with Crippen LogP contribution in [0.3, 0.4) is 0 Å². The van der Waals surface area contributed by atoms with E-state index in [2.05, 4.69) is 48.3 Å². The fraction of sp³-hybridized carbons (Fsp3) is 0.211. The zero-order valence-electron chi connectivity index (χ0n) is 12.3. The number of aryl methyl sites for hydroxylation is 1. The highest BCUT2D eigenvalue weighted by molar-refractivity contribution is 5.83. The molecule has 0 amide bonds. The van der Waals surface area contributed by atoms with Crippen LogP contribution in [0.5, 0.6) is 0 Å². The Bertz CT molecular complexity index is 730. The Labute approximate surface area is 125 Å². The third kappa shape index (κ3) is 3.29. The molecule has 0 aliphatic rings. The van der Waals surface area contributed by atoms with Gasteiger partial charge in [-0.2, -0.15) is 0 Å². The molecule has 2 aromatic carbocycles. The third-order valence-corrected chi connectivity index (χ3v) is 3.77. The first-order valence-corrected chi connectivity index (χ1v) is 7.42. The van der Waals surface area contributed by atoms with Gasteiger partial charge in [0.05, 0.1) is 5.52 Å². The lowest BCUT2D eigenvalue weighted by Gasteiger charge is -2.07. The number of fused-ring (bicyclic) bond motifs is 1. The van der Waals surface area contributed by atoms with Gasteiger partial charge in [0.2, 0.25) is 0 Å². The quantitative estimate of drug-likeness (QED) is 0.776. The number of hydrogen-bond acceptors (Lipinski definition) is 2. The van der Waals surface area contributed by atoms with Crippen molar-refractivity contribution >= 4 is 10.9 Å². The summed E-state index contributed by atoms with van der Waals surface area (Å²) in [4.78, 5) is 4.52. The number of benzene rings is 2. The highest BCUT2D eigenvalue weighted by Crippen LogP contribution is 2.23. The fourth-order valence-corrected chi connectivity index (χ4v) is 2.49. The van der Waals surface area contributed by atoms with E-state index in [-0.39, 0.29) is 6.04 Å². The van der Waals surface area contributed by atoms with Crippen LogP contribution in [0.15, 0.2) is 60.8 Å². The smallest absolute Gasteiger partial charge is 0.0702 e. The van der Waals surface area contributed by atoms with Gasteiger partial charge in [-0.25, -0.2) is 0 Å². The predicted molar refractivity (Wildman–Crippen MR) is 89.1 cm³/mol. The lowest BCUT2D eigenvalue weighted by molar-refractivity contribution is 0.666. The molecule has 1 aromatic heterocycles. The van der Waals surface area contributed by atoms with Crippen molar-refractivity contribution in [3.8, 4) is 11.1 Å². The van der Waals surface area contributed by atoms with Crippen molar-refractivity contribution in [1.29, 1.82) is 0 Å². The maximum absolute atomic E-state index is 5.81. The molecule has 3 aromatic rings. The molecule has 2 heteroatoms. The van der Waals surface area contributed by atoms with Crippen LogP contribution in [-0.2, 0) is 6.42 Å². The van der Waals surface area contributed by atoms with Gasteiger partial charge in [-0.05, 0) is 43.0 Å². The van der Waals surface area contributed by atoms with Gasteiger partial charge in [-0.15, -0.1) is 0 Å². The minimum atomic E-state index is 0.259. The molecule has 1 atom stereocenters. The largest absolute Gasteiger partial charge is 0.328 e. The van der Waals surface area contributed by atoms with E-state index in [4.69, 9.17) is 5.73 Å². The van der Waals surface area contributed by atoms with Gasteiger partial charge in [0, 0.05) is 23.2 Å². The van der Waals surface area contributed by atoms with Crippen LogP contribution in [0.4, 0.5) is 0 Å². The summed E-state index contributed by atoms with van der Waals surface area (Å²) in [5.41, 5.74) is 10.5. The number of nitrogens with two attached hydrogens (primary N) is 1. The highest BCUT2D eigenvalue weighted by atomic mass is 14.6. The minimum Gasteiger partial charge on any atom is -0.328 e. The van der Waals surface area contributed by atoms with Crippen LogP contribution < -0.4 is 5.73 Å². The maximum atomic E-state index is 5.81. The lowest BCUT2D eigenvalue weighted by atomic mass is 10.0. The molecule has 3 rings (SSSR count). The molecule has 0 saturated carbocycles. The van der Waals surface area contributed by atoms with Crippen molar-refractivity contribution in [3.63, 3.8) is 0 Å². The molecule has 0 aliphatic heterocycles.